The molecule has 1 aliphatic carbocycles. The van der Waals surface area contributed by atoms with Crippen LogP contribution in [-0.4, -0.2) is 50.1 Å². The zero-order chi connectivity index (χ0) is 24.3. The van der Waals surface area contributed by atoms with E-state index < -0.39 is 34.5 Å². The maximum Gasteiger partial charge on any atom is 0.336 e. The number of hydrogen-bond acceptors (Lipinski definition) is 9. The van der Waals surface area contributed by atoms with Crippen molar-refractivity contribution < 1.29 is 33.5 Å². The van der Waals surface area contributed by atoms with Gasteiger partial charge in [-0.1, -0.05) is 25.1 Å². The van der Waals surface area contributed by atoms with E-state index in [4.69, 9.17) is 14.2 Å². The molecule has 1 aromatic carbocycles. The molecule has 0 amide bonds. The summed E-state index contributed by atoms with van der Waals surface area (Å²) in [6.45, 7) is 3.55. The number of hydrogen-bond donors (Lipinski definition) is 1. The molecule has 33 heavy (non-hydrogen) atoms. The van der Waals surface area contributed by atoms with Gasteiger partial charge in [0, 0.05) is 35.7 Å². The third-order valence-corrected chi connectivity index (χ3v) is 5.93. The van der Waals surface area contributed by atoms with E-state index in [2.05, 4.69) is 5.32 Å². The Balaban J connectivity index is 2.20. The van der Waals surface area contributed by atoms with Crippen molar-refractivity contribution in [3.8, 4) is 0 Å². The Kier molecular flexibility index (Phi) is 7.27. The average molecular weight is 458 g/mol. The van der Waals surface area contributed by atoms with Crippen molar-refractivity contribution in [2.24, 2.45) is 11.8 Å². The summed E-state index contributed by atoms with van der Waals surface area (Å²) in [7, 11) is 2.66. The molecule has 1 N–H and O–H groups in total. The van der Waals surface area contributed by atoms with Crippen molar-refractivity contribution in [1.82, 2.24) is 5.32 Å². The molecule has 10 heteroatoms. The van der Waals surface area contributed by atoms with Gasteiger partial charge in [-0.05, 0) is 19.3 Å². The number of ether oxygens (including phenoxy) is 3. The summed E-state index contributed by atoms with van der Waals surface area (Å²) in [6, 6.07) is 5.93. The molecular weight excluding hydrogens is 432 g/mol. The smallest absolute Gasteiger partial charge is 0.336 e. The van der Waals surface area contributed by atoms with Gasteiger partial charge in [-0.3, -0.25) is 19.7 Å². The lowest BCUT2D eigenvalue weighted by molar-refractivity contribution is -0.385. The number of benzene rings is 1. The molecule has 0 radical (unpaired) electrons. The second kappa shape index (κ2) is 9.95. The molecule has 3 rings (SSSR count). The number of ketones is 1. The number of dihydropyridines is 1. The number of para-hydroxylation sites is 1. The van der Waals surface area contributed by atoms with Gasteiger partial charge in [-0.2, -0.15) is 0 Å². The molecule has 0 aromatic heterocycles. The van der Waals surface area contributed by atoms with Crippen LogP contribution in [0.15, 0.2) is 46.8 Å². The van der Waals surface area contributed by atoms with Crippen LogP contribution in [0.25, 0.3) is 0 Å². The van der Waals surface area contributed by atoms with E-state index in [1.54, 1.807) is 19.9 Å². The van der Waals surface area contributed by atoms with Gasteiger partial charge in [0.05, 0.1) is 30.1 Å². The number of nitrogens with one attached hydrogen (secondary N) is 1. The van der Waals surface area contributed by atoms with Crippen LogP contribution in [0.3, 0.4) is 0 Å². The fourth-order valence-corrected chi connectivity index (χ4v) is 4.46. The van der Waals surface area contributed by atoms with Crippen LogP contribution in [0.5, 0.6) is 0 Å². The van der Waals surface area contributed by atoms with E-state index in [9.17, 15) is 24.5 Å². The van der Waals surface area contributed by atoms with E-state index in [0.29, 0.717) is 17.8 Å². The minimum Gasteiger partial charge on any atom is -0.468 e. The molecule has 2 aliphatic rings. The van der Waals surface area contributed by atoms with E-state index >= 15 is 0 Å². The predicted molar refractivity (Wildman–Crippen MR) is 116 cm³/mol. The Morgan fingerprint density at radius 3 is 2.55 bits per heavy atom. The van der Waals surface area contributed by atoms with E-state index in [1.807, 2.05) is 0 Å². The molecule has 0 spiro atoms. The minimum atomic E-state index is -1.08. The van der Waals surface area contributed by atoms with Crippen LogP contribution in [0.2, 0.25) is 0 Å². The minimum absolute atomic E-state index is 0.0304. The first kappa shape index (κ1) is 24.1. The van der Waals surface area contributed by atoms with Crippen molar-refractivity contribution in [3.63, 3.8) is 0 Å². The second-order valence-electron chi connectivity index (χ2n) is 7.98. The zero-order valence-electron chi connectivity index (χ0n) is 18.9. The molecule has 0 saturated carbocycles. The quantitative estimate of drug-likeness (QED) is 0.215. The molecule has 10 nitrogen and oxygen atoms in total. The number of nitrogens with zero attached hydrogens (tertiary/aromatic N) is 1. The number of nitro benzene ring substituents is 1. The van der Waals surface area contributed by atoms with Crippen molar-refractivity contribution >= 4 is 23.4 Å². The monoisotopic (exact) mass is 458 g/mol. The van der Waals surface area contributed by atoms with Gasteiger partial charge in [0.1, 0.15) is 12.5 Å². The summed E-state index contributed by atoms with van der Waals surface area (Å²) in [4.78, 5) is 50.4. The van der Waals surface area contributed by atoms with Gasteiger partial charge in [0.15, 0.2) is 5.78 Å². The molecule has 1 aromatic rings. The molecule has 0 fully saturated rings. The van der Waals surface area contributed by atoms with Crippen LogP contribution in [0, 0.1) is 22.0 Å². The molecule has 0 saturated heterocycles. The summed E-state index contributed by atoms with van der Waals surface area (Å²) in [5, 5.41) is 14.9. The first-order valence-electron chi connectivity index (χ1n) is 10.4. The Morgan fingerprint density at radius 1 is 1.21 bits per heavy atom. The van der Waals surface area contributed by atoms with Gasteiger partial charge in [0.25, 0.3) is 5.69 Å². The maximum atomic E-state index is 13.6. The van der Waals surface area contributed by atoms with Crippen molar-refractivity contribution in [1.29, 1.82) is 0 Å². The Morgan fingerprint density at radius 2 is 1.91 bits per heavy atom. The standard InChI is InChI=1S/C23H26N2O8/c1-12-11-15-20(21(26)17(12)22(27)32-4)19(14-7-5-6-8-16(14)25(29)30)18(13(2)24-15)23(28)33-10-9-31-3/h5-8,12,17,19,24H,9-11H2,1-4H3/t12-,17-,19-/m1/s1. The Bertz CT molecular complexity index is 1060. The molecule has 176 valence electrons. The van der Waals surface area contributed by atoms with Gasteiger partial charge in [-0.25, -0.2) is 4.79 Å². The average Bonchev–Trinajstić information content (AvgIpc) is 2.77. The van der Waals surface area contributed by atoms with E-state index in [-0.39, 0.29) is 41.5 Å². The number of carbonyl (C=O) groups is 3. The lowest BCUT2D eigenvalue weighted by atomic mass is 9.69. The van der Waals surface area contributed by atoms with Crippen molar-refractivity contribution in [2.45, 2.75) is 26.2 Å². The normalized spacial score (nSPS) is 22.4. The maximum absolute atomic E-state index is 13.6. The zero-order valence-corrected chi connectivity index (χ0v) is 18.9. The number of Topliss-reactive ketones (excluding diaryl/α,β-unsaturated/α-hetero) is 1. The number of nitro groups is 1. The Hall–Kier alpha value is -3.53. The summed E-state index contributed by atoms with van der Waals surface area (Å²) in [6.07, 6.45) is 0.335. The van der Waals surface area contributed by atoms with E-state index in [0.717, 1.165) is 0 Å². The highest BCUT2D eigenvalue weighted by Gasteiger charge is 2.48. The molecule has 0 bridgehead atoms. The van der Waals surface area contributed by atoms with Crippen molar-refractivity contribution in [3.05, 3.63) is 62.5 Å². The summed E-state index contributed by atoms with van der Waals surface area (Å²) >= 11 is 0. The third-order valence-electron chi connectivity index (χ3n) is 5.93. The SMILES string of the molecule is COCCOC(=O)C1=C(C)NC2=C(C(=O)[C@H](C(=O)OC)[C@H](C)C2)[C@@H]1c1ccccc1[N+](=O)[O-]. The molecule has 3 atom stereocenters. The first-order valence-corrected chi connectivity index (χ1v) is 10.4. The first-order chi connectivity index (χ1) is 15.7. The lowest BCUT2D eigenvalue weighted by Gasteiger charge is -2.38. The second-order valence-corrected chi connectivity index (χ2v) is 7.98. The van der Waals surface area contributed by atoms with E-state index in [1.165, 1.54) is 32.4 Å². The Labute approximate surface area is 190 Å². The largest absolute Gasteiger partial charge is 0.468 e. The highest BCUT2D eigenvalue weighted by Crippen LogP contribution is 2.47. The number of carbonyl (C=O) groups excluding carboxylic acids is 3. The highest BCUT2D eigenvalue weighted by atomic mass is 16.6. The summed E-state index contributed by atoms with van der Waals surface area (Å²) in [5.41, 5.74) is 1.10. The number of methoxy groups -OCH3 is 2. The highest BCUT2D eigenvalue weighted by molar-refractivity contribution is 6.12. The van der Waals surface area contributed by atoms with Gasteiger partial charge >= 0.3 is 11.9 Å². The number of allylic oxidation sites excluding steroid dienone is 3. The van der Waals surface area contributed by atoms with Crippen LogP contribution in [-0.2, 0) is 28.6 Å². The number of rotatable bonds is 7. The summed E-state index contributed by atoms with van der Waals surface area (Å²) in [5.74, 6) is -4.45. The van der Waals surface area contributed by atoms with Gasteiger partial charge in [0.2, 0.25) is 0 Å². The molecule has 1 aliphatic heterocycles. The number of esters is 2. The molecule has 0 unspecified atom stereocenters. The van der Waals surface area contributed by atoms with Gasteiger partial charge < -0.3 is 19.5 Å². The van der Waals surface area contributed by atoms with Gasteiger partial charge in [-0.15, -0.1) is 0 Å². The van der Waals surface area contributed by atoms with Crippen LogP contribution >= 0.6 is 0 Å². The fraction of sp³-hybridized carbons (Fsp3) is 0.435. The summed E-state index contributed by atoms with van der Waals surface area (Å²) < 4.78 is 15.1. The van der Waals surface area contributed by atoms with Crippen LogP contribution in [0.1, 0.15) is 31.7 Å². The molecule has 1 heterocycles. The fourth-order valence-electron chi connectivity index (χ4n) is 4.46. The third kappa shape index (κ3) is 4.51. The molecular formula is C23H26N2O8. The van der Waals surface area contributed by atoms with Crippen molar-refractivity contribution in [2.75, 3.05) is 27.4 Å². The van der Waals surface area contributed by atoms with Crippen LogP contribution in [0.4, 0.5) is 5.69 Å². The predicted octanol–water partition coefficient (Wildman–Crippen LogP) is 2.40. The topological polar surface area (TPSA) is 134 Å². The van der Waals surface area contributed by atoms with Crippen LogP contribution < -0.4 is 5.32 Å². The lowest BCUT2D eigenvalue weighted by Crippen LogP contribution is -2.43.